The van der Waals surface area contributed by atoms with E-state index in [0.29, 0.717) is 5.75 Å². The molecule has 1 saturated carbocycles. The van der Waals surface area contributed by atoms with Crippen LogP contribution in [0.15, 0.2) is 0 Å². The topological polar surface area (TPSA) is 57.6 Å². The standard InChI is InChI=1S/C15H25NO3S/c1-4-12-16(11(9-20-12)14(18)19)13(17)10-7-5-6-8-15(10,2)3/h10-12H,4-9H2,1-3H3,(H,18,19). The summed E-state index contributed by atoms with van der Waals surface area (Å²) in [5.41, 5.74) is -0.00999. The number of carbonyl (C=O) groups is 2. The van der Waals surface area contributed by atoms with Crippen LogP contribution in [-0.2, 0) is 9.59 Å². The van der Waals surface area contributed by atoms with Gasteiger partial charge in [-0.3, -0.25) is 4.79 Å². The Morgan fingerprint density at radius 3 is 2.60 bits per heavy atom. The molecule has 3 atom stereocenters. The van der Waals surface area contributed by atoms with Gasteiger partial charge in [0.2, 0.25) is 5.91 Å². The molecule has 0 bridgehead atoms. The molecule has 1 amide bonds. The fraction of sp³-hybridized carbons (Fsp3) is 0.867. The van der Waals surface area contributed by atoms with E-state index >= 15 is 0 Å². The molecular formula is C15H25NO3S. The number of thioether (sulfide) groups is 1. The Labute approximate surface area is 125 Å². The number of hydrogen-bond acceptors (Lipinski definition) is 3. The third-order valence-electron chi connectivity index (χ3n) is 4.79. The zero-order chi connectivity index (χ0) is 14.9. The van der Waals surface area contributed by atoms with E-state index in [1.165, 1.54) is 6.42 Å². The largest absolute Gasteiger partial charge is 0.480 e. The molecule has 1 N–H and O–H groups in total. The Balaban J connectivity index is 2.22. The molecule has 0 radical (unpaired) electrons. The number of hydrogen-bond donors (Lipinski definition) is 1. The maximum Gasteiger partial charge on any atom is 0.327 e. The molecule has 2 rings (SSSR count). The molecule has 1 aliphatic heterocycles. The van der Waals surface area contributed by atoms with E-state index in [1.54, 1.807) is 16.7 Å². The predicted octanol–water partition coefficient (Wildman–Crippen LogP) is 2.97. The van der Waals surface area contributed by atoms with E-state index in [4.69, 9.17) is 0 Å². The first-order valence-corrected chi connectivity index (χ1v) is 8.60. The number of amides is 1. The summed E-state index contributed by atoms with van der Waals surface area (Å²) in [6.45, 7) is 6.32. The Bertz CT molecular complexity index is 397. The van der Waals surface area contributed by atoms with E-state index in [2.05, 4.69) is 13.8 Å². The lowest BCUT2D eigenvalue weighted by atomic mass is 9.68. The molecule has 0 aromatic heterocycles. The van der Waals surface area contributed by atoms with Crippen LogP contribution in [0.4, 0.5) is 0 Å². The molecule has 0 aromatic rings. The minimum absolute atomic E-state index is 0.00999. The zero-order valence-corrected chi connectivity index (χ0v) is 13.4. The van der Waals surface area contributed by atoms with E-state index < -0.39 is 12.0 Å². The van der Waals surface area contributed by atoms with Crippen molar-refractivity contribution in [3.8, 4) is 0 Å². The second-order valence-electron chi connectivity index (χ2n) is 6.58. The highest BCUT2D eigenvalue weighted by Gasteiger charge is 2.46. The van der Waals surface area contributed by atoms with Gasteiger partial charge in [0.15, 0.2) is 0 Å². The molecule has 0 aromatic carbocycles. The van der Waals surface area contributed by atoms with Crippen LogP contribution in [0.1, 0.15) is 52.9 Å². The summed E-state index contributed by atoms with van der Waals surface area (Å²) in [5, 5.41) is 9.40. The quantitative estimate of drug-likeness (QED) is 0.870. The molecule has 114 valence electrons. The van der Waals surface area contributed by atoms with Crippen molar-refractivity contribution in [1.82, 2.24) is 4.90 Å². The number of carbonyl (C=O) groups excluding carboxylic acids is 1. The van der Waals surface area contributed by atoms with Crippen molar-refractivity contribution in [2.24, 2.45) is 11.3 Å². The van der Waals surface area contributed by atoms with Crippen LogP contribution in [-0.4, -0.2) is 39.1 Å². The van der Waals surface area contributed by atoms with Crippen LogP contribution in [0, 0.1) is 11.3 Å². The van der Waals surface area contributed by atoms with Gasteiger partial charge in [-0.05, 0) is 24.7 Å². The highest BCUT2D eigenvalue weighted by Crippen LogP contribution is 2.43. The van der Waals surface area contributed by atoms with Crippen molar-refractivity contribution < 1.29 is 14.7 Å². The number of nitrogens with zero attached hydrogens (tertiary/aromatic N) is 1. The lowest BCUT2D eigenvalue weighted by Gasteiger charge is -2.41. The summed E-state index contributed by atoms with van der Waals surface area (Å²) in [4.78, 5) is 26.0. The minimum atomic E-state index is -0.865. The fourth-order valence-electron chi connectivity index (χ4n) is 3.50. The first-order valence-electron chi connectivity index (χ1n) is 7.55. The van der Waals surface area contributed by atoms with Crippen molar-refractivity contribution in [3.05, 3.63) is 0 Å². The Hall–Kier alpha value is -0.710. The summed E-state index contributed by atoms with van der Waals surface area (Å²) in [6.07, 6.45) is 5.02. The maximum atomic E-state index is 12.9. The van der Waals surface area contributed by atoms with Gasteiger partial charge in [-0.2, -0.15) is 0 Å². The summed E-state index contributed by atoms with van der Waals surface area (Å²) in [5.74, 6) is -0.299. The SMILES string of the molecule is CCC1SCC(C(=O)O)N1C(=O)C1CCCCC1(C)C. The average molecular weight is 299 g/mol. The van der Waals surface area contributed by atoms with Crippen LogP contribution in [0.3, 0.4) is 0 Å². The van der Waals surface area contributed by atoms with Crippen molar-refractivity contribution in [2.45, 2.75) is 64.3 Å². The molecule has 2 aliphatic rings. The van der Waals surface area contributed by atoms with Crippen LogP contribution < -0.4 is 0 Å². The summed E-state index contributed by atoms with van der Waals surface area (Å²) < 4.78 is 0. The molecule has 5 heteroatoms. The third kappa shape index (κ3) is 2.83. The lowest BCUT2D eigenvalue weighted by molar-refractivity contribution is -0.154. The van der Waals surface area contributed by atoms with Crippen molar-refractivity contribution in [2.75, 3.05) is 5.75 Å². The van der Waals surface area contributed by atoms with Crippen LogP contribution >= 0.6 is 11.8 Å². The highest BCUT2D eigenvalue weighted by atomic mass is 32.2. The van der Waals surface area contributed by atoms with Gasteiger partial charge in [-0.25, -0.2) is 4.79 Å². The summed E-state index contributed by atoms with van der Waals surface area (Å²) in [7, 11) is 0. The Morgan fingerprint density at radius 1 is 1.35 bits per heavy atom. The number of carboxylic acid groups (broad SMARTS) is 1. The van der Waals surface area contributed by atoms with Crippen LogP contribution in [0.2, 0.25) is 0 Å². The first kappa shape index (κ1) is 15.7. The normalized spacial score (nSPS) is 33.1. The lowest BCUT2D eigenvalue weighted by Crippen LogP contribution is -2.51. The minimum Gasteiger partial charge on any atom is -0.480 e. The van der Waals surface area contributed by atoms with Gasteiger partial charge in [0.05, 0.1) is 5.37 Å². The van der Waals surface area contributed by atoms with Crippen molar-refractivity contribution >= 4 is 23.6 Å². The molecular weight excluding hydrogens is 274 g/mol. The molecule has 2 fully saturated rings. The van der Waals surface area contributed by atoms with Gasteiger partial charge in [0.1, 0.15) is 6.04 Å². The molecule has 0 spiro atoms. The van der Waals surface area contributed by atoms with E-state index in [0.717, 1.165) is 25.7 Å². The molecule has 1 heterocycles. The van der Waals surface area contributed by atoms with E-state index in [9.17, 15) is 14.7 Å². The van der Waals surface area contributed by atoms with Gasteiger partial charge < -0.3 is 10.0 Å². The Kier molecular flexibility index (Phi) is 4.67. The summed E-state index contributed by atoms with van der Waals surface area (Å²) >= 11 is 1.60. The van der Waals surface area contributed by atoms with Gasteiger partial charge in [0, 0.05) is 11.7 Å². The van der Waals surface area contributed by atoms with Gasteiger partial charge >= 0.3 is 5.97 Å². The van der Waals surface area contributed by atoms with Crippen molar-refractivity contribution in [3.63, 3.8) is 0 Å². The molecule has 3 unspecified atom stereocenters. The van der Waals surface area contributed by atoms with Crippen molar-refractivity contribution in [1.29, 1.82) is 0 Å². The molecule has 1 saturated heterocycles. The predicted molar refractivity (Wildman–Crippen MR) is 80.5 cm³/mol. The monoisotopic (exact) mass is 299 g/mol. The zero-order valence-electron chi connectivity index (χ0n) is 12.6. The molecule has 1 aliphatic carbocycles. The highest BCUT2D eigenvalue weighted by molar-refractivity contribution is 8.00. The number of carboxylic acids is 1. The van der Waals surface area contributed by atoms with Gasteiger partial charge in [-0.15, -0.1) is 11.8 Å². The summed E-state index contributed by atoms with van der Waals surface area (Å²) in [6, 6.07) is -0.643. The smallest absolute Gasteiger partial charge is 0.327 e. The molecule has 4 nitrogen and oxygen atoms in total. The van der Waals surface area contributed by atoms with E-state index in [-0.39, 0.29) is 22.6 Å². The van der Waals surface area contributed by atoms with Gasteiger partial charge in [0.25, 0.3) is 0 Å². The fourth-order valence-corrected chi connectivity index (χ4v) is 4.85. The maximum absolute atomic E-state index is 12.9. The third-order valence-corrected chi connectivity index (χ3v) is 6.24. The second-order valence-corrected chi connectivity index (χ2v) is 7.79. The van der Waals surface area contributed by atoms with Gasteiger partial charge in [-0.1, -0.05) is 33.6 Å². The van der Waals surface area contributed by atoms with E-state index in [1.807, 2.05) is 6.92 Å². The average Bonchev–Trinajstić information content (AvgIpc) is 2.81. The van der Waals surface area contributed by atoms with Crippen LogP contribution in [0.5, 0.6) is 0 Å². The Morgan fingerprint density at radius 2 is 2.05 bits per heavy atom. The molecule has 20 heavy (non-hydrogen) atoms. The first-order chi connectivity index (χ1) is 9.38. The van der Waals surface area contributed by atoms with Crippen LogP contribution in [0.25, 0.3) is 0 Å². The second kappa shape index (κ2) is 5.96. The number of rotatable bonds is 3. The number of aliphatic carboxylic acids is 1.